The minimum Gasteiger partial charge on any atom is -0.507 e. The number of hydrogen-bond acceptors (Lipinski definition) is 2. The molecular weight excluding hydrogens is 279 g/mol. The van der Waals surface area contributed by atoms with Crippen molar-refractivity contribution >= 4 is 22.6 Å². The number of aromatic hydroxyl groups is 2. The zero-order valence-electron chi connectivity index (χ0n) is 7.93. The van der Waals surface area contributed by atoms with Gasteiger partial charge in [-0.15, -0.1) is 0 Å². The second-order valence-corrected chi connectivity index (χ2v) is 5.31. The van der Waals surface area contributed by atoms with Gasteiger partial charge in [0.25, 0.3) is 0 Å². The predicted octanol–water partition coefficient (Wildman–Crippen LogP) is 3.00. The first-order valence-electron chi connectivity index (χ1n) is 4.04. The summed E-state index contributed by atoms with van der Waals surface area (Å²) in [7, 11) is 0. The van der Waals surface area contributed by atoms with E-state index in [1.54, 1.807) is 12.1 Å². The lowest BCUT2D eigenvalue weighted by molar-refractivity contribution is 0.410. The summed E-state index contributed by atoms with van der Waals surface area (Å²) in [6, 6.07) is 3.31. The first-order valence-corrected chi connectivity index (χ1v) is 5.12. The third-order valence-electron chi connectivity index (χ3n) is 1.81. The van der Waals surface area contributed by atoms with Crippen LogP contribution < -0.4 is 0 Å². The Kier molecular flexibility index (Phi) is 2.75. The Labute approximate surface area is 91.7 Å². The molecule has 13 heavy (non-hydrogen) atoms. The van der Waals surface area contributed by atoms with E-state index >= 15 is 0 Å². The molecule has 1 rings (SSSR count). The predicted molar refractivity (Wildman–Crippen MR) is 61.2 cm³/mol. The summed E-state index contributed by atoms with van der Waals surface area (Å²) in [6.45, 7) is 5.86. The van der Waals surface area contributed by atoms with Gasteiger partial charge in [-0.1, -0.05) is 20.8 Å². The minimum absolute atomic E-state index is 0.164. The Morgan fingerprint density at radius 3 is 1.77 bits per heavy atom. The van der Waals surface area contributed by atoms with Crippen molar-refractivity contribution in [3.05, 3.63) is 21.3 Å². The van der Waals surface area contributed by atoms with Crippen LogP contribution >= 0.6 is 22.6 Å². The van der Waals surface area contributed by atoms with E-state index in [2.05, 4.69) is 22.6 Å². The van der Waals surface area contributed by atoms with Gasteiger partial charge in [0.15, 0.2) is 0 Å². The molecule has 2 N–H and O–H groups in total. The molecule has 0 saturated carbocycles. The molecule has 0 bridgehead atoms. The number of benzene rings is 1. The van der Waals surface area contributed by atoms with Gasteiger partial charge in [0.05, 0.1) is 0 Å². The van der Waals surface area contributed by atoms with Gasteiger partial charge in [0, 0.05) is 9.13 Å². The maximum Gasteiger partial charge on any atom is 0.124 e. The lowest BCUT2D eigenvalue weighted by Gasteiger charge is -2.21. The number of phenolic OH excluding ortho intramolecular Hbond substituents is 2. The SMILES string of the molecule is CC(C)(C)c1c(O)cc(I)cc1O. The van der Waals surface area contributed by atoms with E-state index in [4.69, 9.17) is 0 Å². The van der Waals surface area contributed by atoms with Crippen LogP contribution in [-0.2, 0) is 5.41 Å². The van der Waals surface area contributed by atoms with Gasteiger partial charge in [-0.2, -0.15) is 0 Å². The van der Waals surface area contributed by atoms with Gasteiger partial charge in [-0.05, 0) is 40.1 Å². The smallest absolute Gasteiger partial charge is 0.124 e. The van der Waals surface area contributed by atoms with Crippen molar-refractivity contribution in [3.8, 4) is 11.5 Å². The van der Waals surface area contributed by atoms with E-state index < -0.39 is 0 Å². The normalized spacial score (nSPS) is 11.7. The molecule has 0 saturated heterocycles. The van der Waals surface area contributed by atoms with Crippen LogP contribution in [0.3, 0.4) is 0 Å². The van der Waals surface area contributed by atoms with E-state index in [-0.39, 0.29) is 16.9 Å². The highest BCUT2D eigenvalue weighted by atomic mass is 127. The molecule has 0 radical (unpaired) electrons. The summed E-state index contributed by atoms with van der Waals surface area (Å²) in [5.74, 6) is 0.328. The standard InChI is InChI=1S/C10H13IO2/c1-10(2,3)9-7(12)4-6(11)5-8(9)13/h4-5,12-13H,1-3H3. The van der Waals surface area contributed by atoms with Crippen molar-refractivity contribution in [3.63, 3.8) is 0 Å². The van der Waals surface area contributed by atoms with Crippen molar-refractivity contribution in [2.75, 3.05) is 0 Å². The first kappa shape index (κ1) is 10.6. The van der Waals surface area contributed by atoms with Crippen LogP contribution in [0.2, 0.25) is 0 Å². The molecule has 0 spiro atoms. The molecule has 0 unspecified atom stereocenters. The van der Waals surface area contributed by atoms with Crippen LogP contribution in [0, 0.1) is 3.57 Å². The van der Waals surface area contributed by atoms with Crippen LogP contribution in [0.1, 0.15) is 26.3 Å². The maximum absolute atomic E-state index is 9.64. The van der Waals surface area contributed by atoms with Gasteiger partial charge < -0.3 is 10.2 Å². The Hall–Kier alpha value is -0.450. The van der Waals surface area contributed by atoms with Gasteiger partial charge >= 0.3 is 0 Å². The molecular formula is C10H13IO2. The third kappa shape index (κ3) is 2.27. The van der Waals surface area contributed by atoms with Crippen molar-refractivity contribution in [2.45, 2.75) is 26.2 Å². The fourth-order valence-electron chi connectivity index (χ4n) is 1.35. The molecule has 0 aliphatic heterocycles. The summed E-state index contributed by atoms with van der Waals surface area (Å²) in [5.41, 5.74) is 0.367. The zero-order valence-corrected chi connectivity index (χ0v) is 10.1. The first-order chi connectivity index (χ1) is 5.82. The van der Waals surface area contributed by atoms with E-state index in [0.717, 1.165) is 3.57 Å². The van der Waals surface area contributed by atoms with E-state index in [1.807, 2.05) is 20.8 Å². The Bertz CT molecular complexity index is 303. The fourth-order valence-corrected chi connectivity index (χ4v) is 1.94. The molecule has 0 heterocycles. The highest BCUT2D eigenvalue weighted by Crippen LogP contribution is 2.38. The number of phenols is 2. The average molecular weight is 292 g/mol. The van der Waals surface area contributed by atoms with Crippen LogP contribution in [0.4, 0.5) is 0 Å². The van der Waals surface area contributed by atoms with Crippen molar-refractivity contribution in [1.82, 2.24) is 0 Å². The number of halogens is 1. The van der Waals surface area contributed by atoms with Gasteiger partial charge in [-0.3, -0.25) is 0 Å². The van der Waals surface area contributed by atoms with Crippen molar-refractivity contribution in [2.24, 2.45) is 0 Å². The zero-order chi connectivity index (χ0) is 10.2. The molecule has 1 aromatic carbocycles. The quantitative estimate of drug-likeness (QED) is 0.722. The second kappa shape index (κ2) is 3.36. The van der Waals surface area contributed by atoms with Crippen molar-refractivity contribution in [1.29, 1.82) is 0 Å². The number of hydrogen-bond donors (Lipinski definition) is 2. The van der Waals surface area contributed by atoms with Crippen LogP contribution in [0.25, 0.3) is 0 Å². The lowest BCUT2D eigenvalue weighted by atomic mass is 9.85. The largest absolute Gasteiger partial charge is 0.507 e. The molecule has 0 aliphatic carbocycles. The molecule has 0 aliphatic rings. The summed E-state index contributed by atoms with van der Waals surface area (Å²) in [6.07, 6.45) is 0. The summed E-state index contributed by atoms with van der Waals surface area (Å²) < 4.78 is 0.834. The molecule has 2 nitrogen and oxygen atoms in total. The Balaban J connectivity index is 3.38. The molecule has 0 aromatic heterocycles. The lowest BCUT2D eigenvalue weighted by Crippen LogP contribution is -2.11. The summed E-state index contributed by atoms with van der Waals surface area (Å²) >= 11 is 2.06. The Morgan fingerprint density at radius 2 is 1.46 bits per heavy atom. The minimum atomic E-state index is -0.238. The second-order valence-electron chi connectivity index (χ2n) is 4.07. The molecule has 0 atom stereocenters. The fraction of sp³-hybridized carbons (Fsp3) is 0.400. The average Bonchev–Trinajstić information content (AvgIpc) is 1.78. The van der Waals surface area contributed by atoms with Crippen molar-refractivity contribution < 1.29 is 10.2 Å². The molecule has 72 valence electrons. The van der Waals surface area contributed by atoms with E-state index in [0.29, 0.717) is 5.56 Å². The monoisotopic (exact) mass is 292 g/mol. The maximum atomic E-state index is 9.64. The van der Waals surface area contributed by atoms with Crippen LogP contribution in [-0.4, -0.2) is 10.2 Å². The van der Waals surface area contributed by atoms with Crippen LogP contribution in [0.15, 0.2) is 12.1 Å². The molecule has 0 amide bonds. The molecule has 3 heteroatoms. The third-order valence-corrected chi connectivity index (χ3v) is 2.43. The number of rotatable bonds is 0. The van der Waals surface area contributed by atoms with Gasteiger partial charge in [-0.25, -0.2) is 0 Å². The summed E-state index contributed by atoms with van der Waals surface area (Å²) in [4.78, 5) is 0. The highest BCUT2D eigenvalue weighted by molar-refractivity contribution is 14.1. The van der Waals surface area contributed by atoms with Crippen LogP contribution in [0.5, 0.6) is 11.5 Å². The van der Waals surface area contributed by atoms with E-state index in [1.165, 1.54) is 0 Å². The topological polar surface area (TPSA) is 40.5 Å². The Morgan fingerprint density at radius 1 is 1.08 bits per heavy atom. The molecule has 0 fully saturated rings. The molecule has 1 aromatic rings. The van der Waals surface area contributed by atoms with E-state index in [9.17, 15) is 10.2 Å². The summed E-state index contributed by atoms with van der Waals surface area (Å²) in [5, 5.41) is 19.3. The van der Waals surface area contributed by atoms with Gasteiger partial charge in [0.2, 0.25) is 0 Å². The van der Waals surface area contributed by atoms with Gasteiger partial charge in [0.1, 0.15) is 11.5 Å². The highest BCUT2D eigenvalue weighted by Gasteiger charge is 2.22.